The van der Waals surface area contributed by atoms with Gasteiger partial charge in [-0.3, -0.25) is 4.98 Å². The lowest BCUT2D eigenvalue weighted by atomic mass is 9.92. The summed E-state index contributed by atoms with van der Waals surface area (Å²) >= 11 is 0. The van der Waals surface area contributed by atoms with Crippen molar-refractivity contribution in [3.8, 4) is 22.3 Å². The fourth-order valence-electron chi connectivity index (χ4n) is 4.41. The van der Waals surface area contributed by atoms with E-state index in [0.29, 0.717) is 0 Å². The molecule has 6 aromatic rings. The van der Waals surface area contributed by atoms with Gasteiger partial charge in [0, 0.05) is 17.8 Å². The molecule has 0 amide bonds. The zero-order chi connectivity index (χ0) is 19.9. The Morgan fingerprint density at radius 3 is 2.10 bits per heavy atom. The predicted octanol–water partition coefficient (Wildman–Crippen LogP) is 7.88. The van der Waals surface area contributed by atoms with E-state index in [0.717, 1.165) is 0 Å². The molecular weight excluding hydrogens is 362 g/mol. The van der Waals surface area contributed by atoms with Gasteiger partial charge in [0.1, 0.15) is 0 Å². The fourth-order valence-corrected chi connectivity index (χ4v) is 4.41. The van der Waals surface area contributed by atoms with Gasteiger partial charge < -0.3 is 0 Å². The van der Waals surface area contributed by atoms with Gasteiger partial charge in [0.2, 0.25) is 0 Å². The molecule has 0 spiro atoms. The average Bonchev–Trinajstić information content (AvgIpc) is 2.83. The summed E-state index contributed by atoms with van der Waals surface area (Å²) in [6.45, 7) is 0. The zero-order valence-electron chi connectivity index (χ0n) is 16.4. The molecule has 0 saturated heterocycles. The molecule has 0 saturated carbocycles. The Hall–Kier alpha value is -3.97. The Labute approximate surface area is 175 Å². The third-order valence-electron chi connectivity index (χ3n) is 5.92. The van der Waals surface area contributed by atoms with Gasteiger partial charge in [0.25, 0.3) is 0 Å². The Morgan fingerprint density at radius 2 is 1.17 bits per heavy atom. The number of pyridine rings is 1. The molecule has 1 nitrogen and oxygen atoms in total. The third-order valence-corrected chi connectivity index (χ3v) is 5.92. The molecule has 0 aliphatic heterocycles. The first-order valence-electron chi connectivity index (χ1n) is 10.2. The van der Waals surface area contributed by atoms with Gasteiger partial charge >= 0.3 is 0 Å². The fraction of sp³-hybridized carbons (Fsp3) is 0. The molecule has 30 heavy (non-hydrogen) atoms. The molecule has 0 atom stereocenters. The number of rotatable bonds is 2. The standard InChI is InChI=1S/C29H19N/c1-2-6-20(7-3-1)28-18-25(17-24-14-15-30-19-29(24)28)22-12-13-27-23(16-22)11-10-21-8-4-5-9-26(21)27/h1-19H. The van der Waals surface area contributed by atoms with Crippen LogP contribution in [-0.2, 0) is 0 Å². The Balaban J connectivity index is 1.59. The summed E-state index contributed by atoms with van der Waals surface area (Å²) in [5.41, 5.74) is 4.88. The summed E-state index contributed by atoms with van der Waals surface area (Å²) < 4.78 is 0. The van der Waals surface area contributed by atoms with E-state index in [-0.39, 0.29) is 0 Å². The highest BCUT2D eigenvalue weighted by Gasteiger charge is 2.09. The summed E-state index contributed by atoms with van der Waals surface area (Å²) in [4.78, 5) is 4.37. The van der Waals surface area contributed by atoms with Crippen molar-refractivity contribution in [1.29, 1.82) is 0 Å². The second kappa shape index (κ2) is 6.82. The lowest BCUT2D eigenvalue weighted by molar-refractivity contribution is 1.36. The Morgan fingerprint density at radius 1 is 0.433 bits per heavy atom. The van der Waals surface area contributed by atoms with E-state index >= 15 is 0 Å². The highest BCUT2D eigenvalue weighted by molar-refractivity contribution is 6.09. The van der Waals surface area contributed by atoms with E-state index < -0.39 is 0 Å². The summed E-state index contributed by atoms with van der Waals surface area (Å²) in [5, 5.41) is 7.53. The molecule has 0 aliphatic rings. The van der Waals surface area contributed by atoms with Crippen LogP contribution < -0.4 is 0 Å². The molecule has 0 radical (unpaired) electrons. The highest BCUT2D eigenvalue weighted by Crippen LogP contribution is 2.35. The van der Waals surface area contributed by atoms with Crippen LogP contribution in [0.4, 0.5) is 0 Å². The van der Waals surface area contributed by atoms with E-state index in [9.17, 15) is 0 Å². The molecule has 0 unspecified atom stereocenters. The third kappa shape index (κ3) is 2.75. The van der Waals surface area contributed by atoms with Crippen LogP contribution >= 0.6 is 0 Å². The number of hydrogen-bond donors (Lipinski definition) is 0. The maximum Gasteiger partial charge on any atom is 0.0352 e. The van der Waals surface area contributed by atoms with Gasteiger partial charge in [0.05, 0.1) is 0 Å². The predicted molar refractivity (Wildman–Crippen MR) is 128 cm³/mol. The largest absolute Gasteiger partial charge is 0.264 e. The van der Waals surface area contributed by atoms with E-state index in [1.54, 1.807) is 0 Å². The van der Waals surface area contributed by atoms with Gasteiger partial charge in [-0.05, 0) is 73.5 Å². The molecule has 0 bridgehead atoms. The summed E-state index contributed by atoms with van der Waals surface area (Å²) in [6, 6.07) is 37.0. The quantitative estimate of drug-likeness (QED) is 0.278. The molecule has 0 N–H and O–H groups in total. The molecule has 140 valence electrons. The van der Waals surface area contributed by atoms with Crippen LogP contribution in [0.5, 0.6) is 0 Å². The van der Waals surface area contributed by atoms with Crippen molar-refractivity contribution in [2.75, 3.05) is 0 Å². The van der Waals surface area contributed by atoms with Crippen LogP contribution in [0.1, 0.15) is 0 Å². The average molecular weight is 381 g/mol. The van der Waals surface area contributed by atoms with Gasteiger partial charge in [-0.2, -0.15) is 0 Å². The normalized spacial score (nSPS) is 11.3. The van der Waals surface area contributed by atoms with Crippen molar-refractivity contribution in [2.45, 2.75) is 0 Å². The van der Waals surface area contributed by atoms with E-state index in [4.69, 9.17) is 0 Å². The summed E-state index contributed by atoms with van der Waals surface area (Å²) in [7, 11) is 0. The van der Waals surface area contributed by atoms with Gasteiger partial charge in [0.15, 0.2) is 0 Å². The van der Waals surface area contributed by atoms with Crippen molar-refractivity contribution in [3.63, 3.8) is 0 Å². The number of nitrogens with zero attached hydrogens (tertiary/aromatic N) is 1. The number of benzene rings is 5. The van der Waals surface area contributed by atoms with Crippen LogP contribution in [0.2, 0.25) is 0 Å². The lowest BCUT2D eigenvalue weighted by Crippen LogP contribution is -1.87. The first-order valence-corrected chi connectivity index (χ1v) is 10.2. The Kier molecular flexibility index (Phi) is 3.85. The smallest absolute Gasteiger partial charge is 0.0352 e. The van der Waals surface area contributed by atoms with Crippen molar-refractivity contribution in [2.24, 2.45) is 0 Å². The highest BCUT2D eigenvalue weighted by atomic mass is 14.6. The van der Waals surface area contributed by atoms with Crippen LogP contribution in [0, 0.1) is 0 Å². The molecule has 1 heteroatoms. The first kappa shape index (κ1) is 16.9. The minimum absolute atomic E-state index is 1.18. The van der Waals surface area contributed by atoms with Crippen LogP contribution in [-0.4, -0.2) is 4.98 Å². The minimum atomic E-state index is 1.18. The van der Waals surface area contributed by atoms with Gasteiger partial charge in [-0.15, -0.1) is 0 Å². The van der Waals surface area contributed by atoms with Crippen molar-refractivity contribution in [1.82, 2.24) is 4.98 Å². The molecule has 1 heterocycles. The van der Waals surface area contributed by atoms with E-state index in [1.807, 2.05) is 12.4 Å². The SMILES string of the molecule is c1ccc(-c2cc(-c3ccc4c(ccc5ccccc54)c3)cc3ccncc23)cc1. The summed E-state index contributed by atoms with van der Waals surface area (Å²) in [6.07, 6.45) is 3.83. The monoisotopic (exact) mass is 381 g/mol. The second-order valence-corrected chi connectivity index (χ2v) is 7.71. The number of hydrogen-bond acceptors (Lipinski definition) is 1. The number of aromatic nitrogens is 1. The maximum atomic E-state index is 4.37. The summed E-state index contributed by atoms with van der Waals surface area (Å²) in [5.74, 6) is 0. The van der Waals surface area contributed by atoms with Crippen LogP contribution in [0.15, 0.2) is 116 Å². The number of fused-ring (bicyclic) bond motifs is 4. The van der Waals surface area contributed by atoms with Gasteiger partial charge in [-0.1, -0.05) is 78.9 Å². The Bertz CT molecular complexity index is 1530. The van der Waals surface area contributed by atoms with Crippen molar-refractivity contribution >= 4 is 32.3 Å². The van der Waals surface area contributed by atoms with Crippen LogP contribution in [0.25, 0.3) is 54.6 Å². The molecular formula is C29H19N. The molecule has 0 fully saturated rings. The zero-order valence-corrected chi connectivity index (χ0v) is 16.4. The van der Waals surface area contributed by atoms with Crippen molar-refractivity contribution in [3.05, 3.63) is 116 Å². The van der Waals surface area contributed by atoms with Crippen LogP contribution in [0.3, 0.4) is 0 Å². The molecule has 1 aromatic heterocycles. The second-order valence-electron chi connectivity index (χ2n) is 7.71. The van der Waals surface area contributed by atoms with Gasteiger partial charge in [-0.25, -0.2) is 0 Å². The van der Waals surface area contributed by atoms with E-state index in [2.05, 4.69) is 108 Å². The molecule has 5 aromatic carbocycles. The molecule has 0 aliphatic carbocycles. The first-order chi connectivity index (χ1) is 14.9. The maximum absolute atomic E-state index is 4.37. The minimum Gasteiger partial charge on any atom is -0.264 e. The lowest BCUT2D eigenvalue weighted by Gasteiger charge is -2.12. The van der Waals surface area contributed by atoms with Crippen molar-refractivity contribution < 1.29 is 0 Å². The topological polar surface area (TPSA) is 12.9 Å². The van der Waals surface area contributed by atoms with E-state index in [1.165, 1.54) is 54.6 Å². The molecule has 6 rings (SSSR count).